The summed E-state index contributed by atoms with van der Waals surface area (Å²) in [7, 11) is 0. The van der Waals surface area contributed by atoms with Crippen molar-refractivity contribution in [1.29, 1.82) is 0 Å². The number of carbonyl (C=O) groups excluding carboxylic acids is 1. The monoisotopic (exact) mass is 197 g/mol. The lowest BCUT2D eigenvalue weighted by molar-refractivity contribution is -0.135. The van der Waals surface area contributed by atoms with E-state index in [-0.39, 0.29) is 5.91 Å². The van der Waals surface area contributed by atoms with Crippen molar-refractivity contribution < 1.29 is 4.79 Å². The highest BCUT2D eigenvalue weighted by molar-refractivity contribution is 5.73. The van der Waals surface area contributed by atoms with Gasteiger partial charge in [0.15, 0.2) is 0 Å². The molecule has 0 radical (unpaired) electrons. The molecule has 82 valence electrons. The zero-order valence-electron chi connectivity index (χ0n) is 9.92. The smallest absolute Gasteiger partial charge is 0.219 e. The molecule has 2 nitrogen and oxygen atoms in total. The third-order valence-corrected chi connectivity index (χ3v) is 3.63. The minimum atomic E-state index is 0.252. The maximum absolute atomic E-state index is 11.5. The van der Waals surface area contributed by atoms with Crippen LogP contribution in [0.1, 0.15) is 47.0 Å². The Balaban J connectivity index is 2.75. The molecule has 0 aliphatic carbocycles. The summed E-state index contributed by atoms with van der Waals surface area (Å²) in [6, 6.07) is 0.478. The zero-order valence-corrected chi connectivity index (χ0v) is 9.92. The number of rotatable bonds is 2. The van der Waals surface area contributed by atoms with Crippen molar-refractivity contribution in [2.75, 3.05) is 6.54 Å². The first kappa shape index (κ1) is 11.5. The third-order valence-electron chi connectivity index (χ3n) is 3.63. The molecule has 1 amide bonds. The summed E-state index contributed by atoms with van der Waals surface area (Å²) in [6.07, 6.45) is 3.62. The highest BCUT2D eigenvalue weighted by Crippen LogP contribution is 2.29. The Kier molecular flexibility index (Phi) is 3.97. The average molecular weight is 197 g/mol. The zero-order chi connectivity index (χ0) is 10.7. The molecule has 0 aromatic heterocycles. The van der Waals surface area contributed by atoms with Crippen LogP contribution in [0.15, 0.2) is 0 Å². The van der Waals surface area contributed by atoms with Crippen LogP contribution in [0, 0.1) is 11.8 Å². The number of likely N-dealkylation sites (tertiary alicyclic amines) is 1. The van der Waals surface area contributed by atoms with Crippen LogP contribution in [0.3, 0.4) is 0 Å². The van der Waals surface area contributed by atoms with Crippen molar-refractivity contribution >= 4 is 5.91 Å². The lowest BCUT2D eigenvalue weighted by atomic mass is 9.82. The second-order valence-corrected chi connectivity index (χ2v) is 4.71. The van der Waals surface area contributed by atoms with E-state index in [4.69, 9.17) is 0 Å². The van der Waals surface area contributed by atoms with Gasteiger partial charge in [-0.2, -0.15) is 0 Å². The number of carbonyl (C=O) groups is 1. The normalized spacial score (nSPS) is 30.1. The van der Waals surface area contributed by atoms with Crippen LogP contribution in [0.25, 0.3) is 0 Å². The quantitative estimate of drug-likeness (QED) is 0.666. The second kappa shape index (κ2) is 4.81. The molecule has 0 aromatic rings. The van der Waals surface area contributed by atoms with Crippen LogP contribution in [-0.2, 0) is 4.79 Å². The van der Waals surface area contributed by atoms with Crippen LogP contribution < -0.4 is 0 Å². The Morgan fingerprint density at radius 3 is 2.71 bits per heavy atom. The Hall–Kier alpha value is -0.530. The third kappa shape index (κ3) is 2.28. The summed E-state index contributed by atoms with van der Waals surface area (Å²) in [4.78, 5) is 13.6. The van der Waals surface area contributed by atoms with Gasteiger partial charge in [-0.15, -0.1) is 0 Å². The van der Waals surface area contributed by atoms with Crippen molar-refractivity contribution in [2.24, 2.45) is 11.8 Å². The summed E-state index contributed by atoms with van der Waals surface area (Å²) in [6.45, 7) is 9.43. The first-order valence-corrected chi connectivity index (χ1v) is 5.85. The van der Waals surface area contributed by atoms with Crippen molar-refractivity contribution in [2.45, 2.75) is 53.0 Å². The molecule has 1 heterocycles. The van der Waals surface area contributed by atoms with E-state index in [9.17, 15) is 4.79 Å². The Morgan fingerprint density at radius 2 is 2.21 bits per heavy atom. The van der Waals surface area contributed by atoms with Crippen molar-refractivity contribution in [3.8, 4) is 0 Å². The number of nitrogens with zero attached hydrogens (tertiary/aromatic N) is 1. The van der Waals surface area contributed by atoms with E-state index >= 15 is 0 Å². The molecule has 3 unspecified atom stereocenters. The largest absolute Gasteiger partial charge is 0.339 e. The van der Waals surface area contributed by atoms with Gasteiger partial charge in [0.25, 0.3) is 0 Å². The molecule has 0 saturated carbocycles. The van der Waals surface area contributed by atoms with Gasteiger partial charge in [0.2, 0.25) is 5.91 Å². The fraction of sp³-hybridized carbons (Fsp3) is 0.917. The second-order valence-electron chi connectivity index (χ2n) is 4.71. The minimum absolute atomic E-state index is 0.252. The molecule has 2 heteroatoms. The van der Waals surface area contributed by atoms with Crippen molar-refractivity contribution in [3.05, 3.63) is 0 Å². The summed E-state index contributed by atoms with van der Waals surface area (Å²) in [5.74, 6) is 1.55. The molecule has 0 N–H and O–H groups in total. The van der Waals surface area contributed by atoms with Gasteiger partial charge >= 0.3 is 0 Å². The van der Waals surface area contributed by atoms with Crippen LogP contribution >= 0.6 is 0 Å². The molecule has 1 aliphatic heterocycles. The predicted molar refractivity (Wildman–Crippen MR) is 59.0 cm³/mol. The Morgan fingerprint density at radius 1 is 1.57 bits per heavy atom. The molecular formula is C12H23NO. The van der Waals surface area contributed by atoms with Crippen LogP contribution in [0.5, 0.6) is 0 Å². The van der Waals surface area contributed by atoms with Gasteiger partial charge in [-0.1, -0.05) is 27.2 Å². The SMILES string of the molecule is CCC(C)C1C(C)CCCN1C(C)=O. The summed E-state index contributed by atoms with van der Waals surface area (Å²) >= 11 is 0. The van der Waals surface area contributed by atoms with E-state index in [2.05, 4.69) is 25.7 Å². The standard InChI is InChI=1S/C12H23NO/c1-5-9(2)12-10(3)7-6-8-13(12)11(4)14/h9-10,12H,5-8H2,1-4H3. The van der Waals surface area contributed by atoms with Gasteiger partial charge in [-0.3, -0.25) is 4.79 Å². The van der Waals surface area contributed by atoms with Gasteiger partial charge in [-0.25, -0.2) is 0 Å². The fourth-order valence-electron chi connectivity index (χ4n) is 2.69. The molecule has 1 saturated heterocycles. The number of hydrogen-bond donors (Lipinski definition) is 0. The van der Waals surface area contributed by atoms with Gasteiger partial charge < -0.3 is 4.90 Å². The maximum atomic E-state index is 11.5. The molecule has 0 spiro atoms. The molecule has 1 rings (SSSR count). The average Bonchev–Trinajstić information content (AvgIpc) is 2.16. The molecule has 1 fully saturated rings. The first-order chi connectivity index (χ1) is 6.57. The van der Waals surface area contributed by atoms with Crippen LogP contribution in [-0.4, -0.2) is 23.4 Å². The van der Waals surface area contributed by atoms with E-state index in [1.807, 2.05) is 0 Å². The van der Waals surface area contributed by atoms with E-state index in [1.165, 1.54) is 19.3 Å². The topological polar surface area (TPSA) is 20.3 Å². The lowest BCUT2D eigenvalue weighted by Gasteiger charge is -2.42. The molecule has 0 aromatic carbocycles. The number of hydrogen-bond acceptors (Lipinski definition) is 1. The molecule has 0 bridgehead atoms. The van der Waals surface area contributed by atoms with Gasteiger partial charge in [0.1, 0.15) is 0 Å². The van der Waals surface area contributed by atoms with Gasteiger partial charge in [0, 0.05) is 19.5 Å². The Bertz CT molecular complexity index is 198. The molecule has 3 atom stereocenters. The molecule has 1 aliphatic rings. The van der Waals surface area contributed by atoms with E-state index in [0.29, 0.717) is 17.9 Å². The minimum Gasteiger partial charge on any atom is -0.339 e. The highest BCUT2D eigenvalue weighted by Gasteiger charge is 2.33. The summed E-state index contributed by atoms with van der Waals surface area (Å²) in [5, 5.41) is 0. The van der Waals surface area contributed by atoms with E-state index in [1.54, 1.807) is 6.92 Å². The van der Waals surface area contributed by atoms with Crippen LogP contribution in [0.4, 0.5) is 0 Å². The van der Waals surface area contributed by atoms with Gasteiger partial charge in [-0.05, 0) is 24.7 Å². The van der Waals surface area contributed by atoms with Gasteiger partial charge in [0.05, 0.1) is 0 Å². The lowest BCUT2D eigenvalue weighted by Crippen LogP contribution is -2.50. The molecule has 14 heavy (non-hydrogen) atoms. The summed E-state index contributed by atoms with van der Waals surface area (Å²) in [5.41, 5.74) is 0. The maximum Gasteiger partial charge on any atom is 0.219 e. The fourth-order valence-corrected chi connectivity index (χ4v) is 2.69. The number of amides is 1. The Labute approximate surface area is 87.7 Å². The first-order valence-electron chi connectivity index (χ1n) is 5.85. The summed E-state index contributed by atoms with van der Waals surface area (Å²) < 4.78 is 0. The van der Waals surface area contributed by atoms with Crippen LogP contribution in [0.2, 0.25) is 0 Å². The number of piperidine rings is 1. The van der Waals surface area contributed by atoms with Crippen molar-refractivity contribution in [1.82, 2.24) is 4.90 Å². The highest BCUT2D eigenvalue weighted by atomic mass is 16.2. The van der Waals surface area contributed by atoms with E-state index in [0.717, 1.165) is 6.54 Å². The van der Waals surface area contributed by atoms with Crippen molar-refractivity contribution in [3.63, 3.8) is 0 Å². The molecular weight excluding hydrogens is 174 g/mol. The predicted octanol–water partition coefficient (Wildman–Crippen LogP) is 2.68. The van der Waals surface area contributed by atoms with E-state index < -0.39 is 0 Å².